The minimum absolute atomic E-state index is 0.158. The molecule has 1 heterocycles. The van der Waals surface area contributed by atoms with Gasteiger partial charge in [-0.15, -0.1) is 0 Å². The summed E-state index contributed by atoms with van der Waals surface area (Å²) in [6, 6.07) is 12.9. The number of nitrogens with one attached hydrogen (secondary N) is 1. The molecular formula is C20H23N3O3. The predicted molar refractivity (Wildman–Crippen MR) is 103 cm³/mol. The Labute approximate surface area is 152 Å². The lowest BCUT2D eigenvalue weighted by Gasteiger charge is -2.15. The Bertz CT molecular complexity index is 950. The predicted octanol–water partition coefficient (Wildman–Crippen LogP) is 2.93. The SMILES string of the molecule is CCOc1cc(-c2nc3ccccc3c(=O)[nH]2)ccc1OCCN(C)C. The van der Waals surface area contributed by atoms with Crippen LogP contribution in [0.15, 0.2) is 47.3 Å². The highest BCUT2D eigenvalue weighted by Gasteiger charge is 2.11. The highest BCUT2D eigenvalue weighted by atomic mass is 16.5. The summed E-state index contributed by atoms with van der Waals surface area (Å²) in [7, 11) is 4.00. The van der Waals surface area contributed by atoms with Gasteiger partial charge in [0.05, 0.1) is 17.5 Å². The number of hydrogen-bond acceptors (Lipinski definition) is 5. The molecule has 0 unspecified atom stereocenters. The molecule has 0 amide bonds. The van der Waals surface area contributed by atoms with Gasteiger partial charge in [-0.1, -0.05) is 12.1 Å². The van der Waals surface area contributed by atoms with E-state index in [9.17, 15) is 4.79 Å². The third-order valence-corrected chi connectivity index (χ3v) is 3.93. The fraction of sp³-hybridized carbons (Fsp3) is 0.300. The first-order valence-electron chi connectivity index (χ1n) is 8.62. The fourth-order valence-corrected chi connectivity index (χ4v) is 2.60. The Morgan fingerprint density at radius 2 is 1.88 bits per heavy atom. The van der Waals surface area contributed by atoms with Crippen LogP contribution in [-0.2, 0) is 0 Å². The standard InChI is InChI=1S/C20H23N3O3/c1-4-25-18-13-14(9-10-17(18)26-12-11-23(2)3)19-21-16-8-6-5-7-15(16)20(24)22-19/h5-10,13H,4,11-12H2,1-3H3,(H,21,22,24). The van der Waals surface area contributed by atoms with Crippen molar-refractivity contribution in [2.24, 2.45) is 0 Å². The van der Waals surface area contributed by atoms with Crippen LogP contribution < -0.4 is 15.0 Å². The van der Waals surface area contributed by atoms with Crippen molar-refractivity contribution < 1.29 is 9.47 Å². The first-order valence-corrected chi connectivity index (χ1v) is 8.62. The Kier molecular flexibility index (Phi) is 5.53. The second-order valence-electron chi connectivity index (χ2n) is 6.18. The van der Waals surface area contributed by atoms with E-state index < -0.39 is 0 Å². The van der Waals surface area contributed by atoms with Gasteiger partial charge in [-0.05, 0) is 51.4 Å². The van der Waals surface area contributed by atoms with Crippen LogP contribution in [0.1, 0.15) is 6.92 Å². The van der Waals surface area contributed by atoms with Gasteiger partial charge in [-0.3, -0.25) is 4.79 Å². The minimum Gasteiger partial charge on any atom is -0.490 e. The first kappa shape index (κ1) is 17.9. The van der Waals surface area contributed by atoms with Crippen LogP contribution in [0.2, 0.25) is 0 Å². The summed E-state index contributed by atoms with van der Waals surface area (Å²) >= 11 is 0. The normalized spacial score (nSPS) is 11.1. The molecule has 0 aliphatic rings. The first-order chi connectivity index (χ1) is 12.6. The molecule has 136 valence electrons. The molecule has 1 N–H and O–H groups in total. The summed E-state index contributed by atoms with van der Waals surface area (Å²) in [6.45, 7) is 3.83. The molecule has 0 aliphatic heterocycles. The van der Waals surface area contributed by atoms with E-state index in [1.165, 1.54) is 0 Å². The van der Waals surface area contributed by atoms with E-state index in [0.29, 0.717) is 41.4 Å². The molecule has 0 bridgehead atoms. The number of aromatic nitrogens is 2. The van der Waals surface area contributed by atoms with Gasteiger partial charge in [0, 0.05) is 12.1 Å². The number of ether oxygens (including phenoxy) is 2. The summed E-state index contributed by atoms with van der Waals surface area (Å²) < 4.78 is 11.5. The number of H-pyrrole nitrogens is 1. The van der Waals surface area contributed by atoms with E-state index in [0.717, 1.165) is 12.1 Å². The number of para-hydroxylation sites is 1. The molecule has 26 heavy (non-hydrogen) atoms. The van der Waals surface area contributed by atoms with E-state index in [1.807, 2.05) is 57.4 Å². The monoisotopic (exact) mass is 353 g/mol. The third-order valence-electron chi connectivity index (χ3n) is 3.93. The van der Waals surface area contributed by atoms with Crippen molar-refractivity contribution >= 4 is 10.9 Å². The molecule has 0 aliphatic carbocycles. The molecule has 0 saturated heterocycles. The summed E-state index contributed by atoms with van der Waals surface area (Å²) in [5.41, 5.74) is 1.28. The van der Waals surface area contributed by atoms with Crippen molar-refractivity contribution in [3.05, 3.63) is 52.8 Å². The number of rotatable bonds is 7. The number of aromatic amines is 1. The minimum atomic E-state index is -0.158. The van der Waals surface area contributed by atoms with Gasteiger partial charge in [0.1, 0.15) is 12.4 Å². The highest BCUT2D eigenvalue weighted by Crippen LogP contribution is 2.31. The van der Waals surface area contributed by atoms with Crippen molar-refractivity contribution in [3.8, 4) is 22.9 Å². The van der Waals surface area contributed by atoms with Gasteiger partial charge in [0.15, 0.2) is 11.5 Å². The van der Waals surface area contributed by atoms with Gasteiger partial charge >= 0.3 is 0 Å². The molecule has 6 heteroatoms. The molecule has 0 saturated carbocycles. The number of likely N-dealkylation sites (N-methyl/N-ethyl adjacent to an activating group) is 1. The average Bonchev–Trinajstić information content (AvgIpc) is 2.63. The summed E-state index contributed by atoms with van der Waals surface area (Å²) in [5.74, 6) is 1.83. The molecule has 6 nitrogen and oxygen atoms in total. The van der Waals surface area contributed by atoms with Crippen molar-refractivity contribution in [2.75, 3.05) is 33.9 Å². The fourth-order valence-electron chi connectivity index (χ4n) is 2.60. The Morgan fingerprint density at radius 3 is 2.65 bits per heavy atom. The second-order valence-corrected chi connectivity index (χ2v) is 6.18. The Hall–Kier alpha value is -2.86. The van der Waals surface area contributed by atoms with Gasteiger partial charge in [-0.2, -0.15) is 0 Å². The van der Waals surface area contributed by atoms with E-state index in [2.05, 4.69) is 14.9 Å². The molecule has 3 aromatic rings. The molecule has 2 aromatic carbocycles. The van der Waals surface area contributed by atoms with Crippen molar-refractivity contribution in [1.29, 1.82) is 0 Å². The zero-order valence-corrected chi connectivity index (χ0v) is 15.3. The van der Waals surface area contributed by atoms with Crippen LogP contribution in [0.3, 0.4) is 0 Å². The maximum atomic E-state index is 12.3. The maximum Gasteiger partial charge on any atom is 0.259 e. The van der Waals surface area contributed by atoms with E-state index in [4.69, 9.17) is 9.47 Å². The van der Waals surface area contributed by atoms with Gasteiger partial charge in [0.2, 0.25) is 0 Å². The molecule has 0 atom stereocenters. The maximum absolute atomic E-state index is 12.3. The topological polar surface area (TPSA) is 67.4 Å². The lowest BCUT2D eigenvalue weighted by Crippen LogP contribution is -2.19. The number of fused-ring (bicyclic) bond motifs is 1. The van der Waals surface area contributed by atoms with Crippen molar-refractivity contribution in [2.45, 2.75) is 6.92 Å². The molecule has 3 rings (SSSR count). The molecule has 0 fully saturated rings. The van der Waals surface area contributed by atoms with Gasteiger partial charge in [-0.25, -0.2) is 4.98 Å². The van der Waals surface area contributed by atoms with Gasteiger partial charge in [0.25, 0.3) is 5.56 Å². The lowest BCUT2D eigenvalue weighted by atomic mass is 10.1. The summed E-state index contributed by atoms with van der Waals surface area (Å²) in [4.78, 5) is 21.8. The number of nitrogens with zero attached hydrogens (tertiary/aromatic N) is 2. The highest BCUT2D eigenvalue weighted by molar-refractivity contribution is 5.79. The smallest absolute Gasteiger partial charge is 0.259 e. The van der Waals surface area contributed by atoms with Gasteiger partial charge < -0.3 is 19.4 Å². The van der Waals surface area contributed by atoms with Crippen LogP contribution in [0.25, 0.3) is 22.3 Å². The second kappa shape index (κ2) is 8.01. The average molecular weight is 353 g/mol. The zero-order valence-electron chi connectivity index (χ0n) is 15.3. The van der Waals surface area contributed by atoms with E-state index >= 15 is 0 Å². The Morgan fingerprint density at radius 1 is 1.08 bits per heavy atom. The van der Waals surface area contributed by atoms with Crippen LogP contribution in [-0.4, -0.2) is 48.7 Å². The lowest BCUT2D eigenvalue weighted by molar-refractivity contribution is 0.244. The zero-order chi connectivity index (χ0) is 18.5. The van der Waals surface area contributed by atoms with Crippen LogP contribution in [0.4, 0.5) is 0 Å². The number of benzene rings is 2. The summed E-state index contributed by atoms with van der Waals surface area (Å²) in [5, 5.41) is 0.574. The summed E-state index contributed by atoms with van der Waals surface area (Å²) in [6.07, 6.45) is 0. The number of hydrogen-bond donors (Lipinski definition) is 1. The van der Waals surface area contributed by atoms with Crippen molar-refractivity contribution in [3.63, 3.8) is 0 Å². The molecule has 0 spiro atoms. The van der Waals surface area contributed by atoms with E-state index in [1.54, 1.807) is 6.07 Å². The largest absolute Gasteiger partial charge is 0.490 e. The van der Waals surface area contributed by atoms with Crippen molar-refractivity contribution in [1.82, 2.24) is 14.9 Å². The quantitative estimate of drug-likeness (QED) is 0.707. The molecule has 0 radical (unpaired) electrons. The molecular weight excluding hydrogens is 330 g/mol. The van der Waals surface area contributed by atoms with E-state index in [-0.39, 0.29) is 5.56 Å². The molecule has 1 aromatic heterocycles. The third kappa shape index (κ3) is 4.03. The van der Waals surface area contributed by atoms with Crippen LogP contribution in [0.5, 0.6) is 11.5 Å². The van der Waals surface area contributed by atoms with Crippen LogP contribution in [0, 0.1) is 0 Å². The Balaban J connectivity index is 1.95. The van der Waals surface area contributed by atoms with Crippen LogP contribution >= 0.6 is 0 Å².